The van der Waals surface area contributed by atoms with Crippen LogP contribution >= 0.6 is 0 Å². The molecule has 0 aliphatic carbocycles. The summed E-state index contributed by atoms with van der Waals surface area (Å²) < 4.78 is 5.53. The fourth-order valence-electron chi connectivity index (χ4n) is 2.37. The molecule has 0 aromatic heterocycles. The van der Waals surface area contributed by atoms with Crippen LogP contribution in [0.2, 0.25) is 0 Å². The molecule has 1 aliphatic heterocycles. The van der Waals surface area contributed by atoms with Crippen LogP contribution in [0.5, 0.6) is 5.75 Å². The van der Waals surface area contributed by atoms with Gasteiger partial charge in [0.15, 0.2) is 5.78 Å². The first-order chi connectivity index (χ1) is 10.1. The van der Waals surface area contributed by atoms with E-state index in [4.69, 9.17) is 10.5 Å². The number of nitrogen functional groups attached to an aromatic ring is 1. The van der Waals surface area contributed by atoms with E-state index in [-0.39, 0.29) is 5.78 Å². The van der Waals surface area contributed by atoms with Crippen LogP contribution < -0.4 is 10.5 Å². The molecule has 5 heteroatoms. The van der Waals surface area contributed by atoms with Gasteiger partial charge in [0, 0.05) is 31.7 Å². The summed E-state index contributed by atoms with van der Waals surface area (Å²) in [6, 6.07) is 5.32. The summed E-state index contributed by atoms with van der Waals surface area (Å²) in [6.45, 7) is 7.05. The van der Waals surface area contributed by atoms with Crippen molar-refractivity contribution in [2.75, 3.05) is 52.1 Å². The molecular formula is C16H25N3O2. The molecule has 0 amide bonds. The lowest BCUT2D eigenvalue weighted by molar-refractivity contribution is 0.0876. The number of anilines is 1. The minimum Gasteiger partial charge on any atom is -0.491 e. The third-order valence-corrected chi connectivity index (χ3v) is 3.76. The van der Waals surface area contributed by atoms with Gasteiger partial charge in [-0.2, -0.15) is 0 Å². The van der Waals surface area contributed by atoms with E-state index in [1.807, 2.05) is 6.92 Å². The third kappa shape index (κ3) is 4.44. The predicted octanol–water partition coefficient (Wildman–Crippen LogP) is 1.49. The van der Waals surface area contributed by atoms with E-state index >= 15 is 0 Å². The fourth-order valence-corrected chi connectivity index (χ4v) is 2.37. The molecule has 21 heavy (non-hydrogen) atoms. The molecule has 1 fully saturated rings. The van der Waals surface area contributed by atoms with Crippen molar-refractivity contribution in [3.05, 3.63) is 23.8 Å². The van der Waals surface area contributed by atoms with Crippen LogP contribution in [0.4, 0.5) is 5.69 Å². The SMILES string of the molecule is CCCOc1ccc(C(=O)CN2CCN(C)CC2)cc1N. The monoisotopic (exact) mass is 291 g/mol. The molecule has 2 rings (SSSR count). The molecule has 1 saturated heterocycles. The van der Waals surface area contributed by atoms with Crippen molar-refractivity contribution in [2.24, 2.45) is 0 Å². The number of nitrogens with two attached hydrogens (primary N) is 1. The number of piperazine rings is 1. The Morgan fingerprint density at radius 2 is 2.00 bits per heavy atom. The van der Waals surface area contributed by atoms with Crippen LogP contribution in [0.1, 0.15) is 23.7 Å². The van der Waals surface area contributed by atoms with Crippen molar-refractivity contribution in [1.29, 1.82) is 0 Å². The molecule has 0 atom stereocenters. The molecule has 1 aromatic carbocycles. The van der Waals surface area contributed by atoms with E-state index in [0.717, 1.165) is 32.6 Å². The van der Waals surface area contributed by atoms with Crippen molar-refractivity contribution in [3.8, 4) is 5.75 Å². The van der Waals surface area contributed by atoms with E-state index < -0.39 is 0 Å². The van der Waals surface area contributed by atoms with E-state index in [2.05, 4.69) is 16.8 Å². The van der Waals surface area contributed by atoms with Crippen LogP contribution in [0.15, 0.2) is 18.2 Å². The summed E-state index contributed by atoms with van der Waals surface area (Å²) in [5, 5.41) is 0. The van der Waals surface area contributed by atoms with Gasteiger partial charge in [-0.3, -0.25) is 9.69 Å². The van der Waals surface area contributed by atoms with Crippen LogP contribution in [0.3, 0.4) is 0 Å². The van der Waals surface area contributed by atoms with Crippen molar-refractivity contribution >= 4 is 11.5 Å². The quantitative estimate of drug-likeness (QED) is 0.635. The average Bonchev–Trinajstić information content (AvgIpc) is 2.48. The molecule has 0 bridgehead atoms. The summed E-state index contributed by atoms with van der Waals surface area (Å²) in [7, 11) is 2.11. The van der Waals surface area contributed by atoms with Gasteiger partial charge in [0.2, 0.25) is 0 Å². The van der Waals surface area contributed by atoms with E-state index in [0.29, 0.717) is 30.2 Å². The first kappa shape index (κ1) is 15.8. The Kier molecular flexibility index (Phi) is 5.59. The van der Waals surface area contributed by atoms with Crippen molar-refractivity contribution in [1.82, 2.24) is 9.80 Å². The van der Waals surface area contributed by atoms with E-state index in [9.17, 15) is 4.79 Å². The van der Waals surface area contributed by atoms with Gasteiger partial charge in [-0.05, 0) is 31.7 Å². The zero-order valence-electron chi connectivity index (χ0n) is 13.0. The Bertz CT molecular complexity index is 482. The lowest BCUT2D eigenvalue weighted by atomic mass is 10.1. The summed E-state index contributed by atoms with van der Waals surface area (Å²) in [5.74, 6) is 0.779. The largest absolute Gasteiger partial charge is 0.491 e. The number of ether oxygens (including phenoxy) is 1. The van der Waals surface area contributed by atoms with Gasteiger partial charge in [-0.25, -0.2) is 0 Å². The van der Waals surface area contributed by atoms with Crippen molar-refractivity contribution in [3.63, 3.8) is 0 Å². The second-order valence-corrected chi connectivity index (χ2v) is 5.60. The summed E-state index contributed by atoms with van der Waals surface area (Å²) >= 11 is 0. The predicted molar refractivity (Wildman–Crippen MR) is 84.9 cm³/mol. The van der Waals surface area contributed by atoms with Crippen LogP contribution in [0, 0.1) is 0 Å². The van der Waals surface area contributed by atoms with E-state index in [1.165, 1.54) is 0 Å². The van der Waals surface area contributed by atoms with E-state index in [1.54, 1.807) is 18.2 Å². The number of ketones is 1. The average molecular weight is 291 g/mol. The lowest BCUT2D eigenvalue weighted by Crippen LogP contribution is -2.46. The highest BCUT2D eigenvalue weighted by Crippen LogP contribution is 2.23. The molecule has 116 valence electrons. The van der Waals surface area contributed by atoms with Gasteiger partial charge in [-0.1, -0.05) is 6.92 Å². The lowest BCUT2D eigenvalue weighted by Gasteiger charge is -2.31. The van der Waals surface area contributed by atoms with Crippen LogP contribution in [0.25, 0.3) is 0 Å². The smallest absolute Gasteiger partial charge is 0.176 e. The van der Waals surface area contributed by atoms with Gasteiger partial charge in [0.05, 0.1) is 18.8 Å². The molecule has 0 saturated carbocycles. The number of likely N-dealkylation sites (N-methyl/N-ethyl adjacent to an activating group) is 1. The van der Waals surface area contributed by atoms with Gasteiger partial charge < -0.3 is 15.4 Å². The molecule has 1 aromatic rings. The first-order valence-electron chi connectivity index (χ1n) is 7.56. The molecule has 0 unspecified atom stereocenters. The number of Topliss-reactive ketones (excluding diaryl/α,β-unsaturated/α-hetero) is 1. The molecule has 0 spiro atoms. The highest BCUT2D eigenvalue weighted by molar-refractivity contribution is 5.98. The number of rotatable bonds is 6. The van der Waals surface area contributed by atoms with Crippen molar-refractivity contribution < 1.29 is 9.53 Å². The molecule has 1 heterocycles. The second kappa shape index (κ2) is 7.43. The number of carbonyl (C=O) groups is 1. The Hall–Kier alpha value is -1.59. The Morgan fingerprint density at radius 1 is 1.29 bits per heavy atom. The van der Waals surface area contributed by atoms with Crippen molar-refractivity contribution in [2.45, 2.75) is 13.3 Å². The standard InChI is InChI=1S/C16H25N3O2/c1-3-10-21-16-5-4-13(11-14(16)17)15(20)12-19-8-6-18(2)7-9-19/h4-5,11H,3,6-10,12,17H2,1-2H3. The van der Waals surface area contributed by atoms with Gasteiger partial charge in [0.1, 0.15) is 5.75 Å². The number of nitrogens with zero attached hydrogens (tertiary/aromatic N) is 2. The second-order valence-electron chi connectivity index (χ2n) is 5.60. The zero-order valence-corrected chi connectivity index (χ0v) is 13.0. The van der Waals surface area contributed by atoms with Crippen LogP contribution in [-0.2, 0) is 0 Å². The molecule has 1 aliphatic rings. The molecule has 5 nitrogen and oxygen atoms in total. The Balaban J connectivity index is 1.94. The number of hydrogen-bond donors (Lipinski definition) is 1. The van der Waals surface area contributed by atoms with Gasteiger partial charge in [0.25, 0.3) is 0 Å². The number of carbonyl (C=O) groups excluding carboxylic acids is 1. The minimum absolute atomic E-state index is 0.119. The maximum Gasteiger partial charge on any atom is 0.176 e. The van der Waals surface area contributed by atoms with Gasteiger partial charge >= 0.3 is 0 Å². The summed E-state index contributed by atoms with van der Waals surface area (Å²) in [5.41, 5.74) is 7.15. The molecule has 0 radical (unpaired) electrons. The Morgan fingerprint density at radius 3 is 2.62 bits per heavy atom. The highest BCUT2D eigenvalue weighted by atomic mass is 16.5. The normalized spacial score (nSPS) is 16.9. The maximum atomic E-state index is 12.3. The summed E-state index contributed by atoms with van der Waals surface area (Å²) in [6.07, 6.45) is 0.934. The van der Waals surface area contributed by atoms with Gasteiger partial charge in [-0.15, -0.1) is 0 Å². The first-order valence-corrected chi connectivity index (χ1v) is 7.56. The van der Waals surface area contributed by atoms with Crippen LogP contribution in [-0.4, -0.2) is 62.0 Å². The minimum atomic E-state index is 0.119. The summed E-state index contributed by atoms with van der Waals surface area (Å²) in [4.78, 5) is 16.8. The topological polar surface area (TPSA) is 58.8 Å². The number of hydrogen-bond acceptors (Lipinski definition) is 5. The molecule has 2 N–H and O–H groups in total. The third-order valence-electron chi connectivity index (χ3n) is 3.76. The number of benzene rings is 1. The highest BCUT2D eigenvalue weighted by Gasteiger charge is 2.18. The zero-order chi connectivity index (χ0) is 15.2. The maximum absolute atomic E-state index is 12.3. The molecular weight excluding hydrogens is 266 g/mol. The fraction of sp³-hybridized carbons (Fsp3) is 0.562. The Labute approximate surface area is 126 Å².